The fraction of sp³-hybridized carbons (Fsp3) is 0.250. The number of hydrogen-bond acceptors (Lipinski definition) is 4. The zero-order valence-corrected chi connectivity index (χ0v) is 17.2. The smallest absolute Gasteiger partial charge is 0.251 e. The quantitative estimate of drug-likeness (QED) is 0.566. The molecular weight excluding hydrogens is 396 g/mol. The minimum absolute atomic E-state index is 0.160. The number of imidazole rings is 1. The summed E-state index contributed by atoms with van der Waals surface area (Å²) in [5.74, 6) is -0.144. The van der Waals surface area contributed by atoms with Crippen molar-refractivity contribution in [2.75, 3.05) is 18.1 Å². The van der Waals surface area contributed by atoms with E-state index in [1.165, 1.54) is 11.8 Å². The molecule has 1 aromatic heterocycles. The predicted octanol–water partition coefficient (Wildman–Crippen LogP) is 4.19. The third-order valence-corrected chi connectivity index (χ3v) is 5.30. The van der Waals surface area contributed by atoms with Crippen LogP contribution in [0.5, 0.6) is 0 Å². The molecule has 8 heteroatoms. The summed E-state index contributed by atoms with van der Waals surface area (Å²) < 4.78 is 2.11. The van der Waals surface area contributed by atoms with Crippen molar-refractivity contribution in [1.29, 1.82) is 0 Å². The van der Waals surface area contributed by atoms with Gasteiger partial charge in [-0.15, -0.1) is 0 Å². The molecule has 0 bridgehead atoms. The number of nitrogens with zero attached hydrogens (tertiary/aromatic N) is 2. The summed E-state index contributed by atoms with van der Waals surface area (Å²) in [6.07, 6.45) is 0.958. The molecule has 0 fully saturated rings. The van der Waals surface area contributed by atoms with Crippen LogP contribution < -0.4 is 10.6 Å². The fourth-order valence-electron chi connectivity index (χ4n) is 2.84. The van der Waals surface area contributed by atoms with Gasteiger partial charge in [-0.05, 0) is 42.8 Å². The summed E-state index contributed by atoms with van der Waals surface area (Å²) in [6.45, 7) is 2.92. The van der Waals surface area contributed by atoms with E-state index < -0.39 is 0 Å². The minimum Gasteiger partial charge on any atom is -0.355 e. The van der Waals surface area contributed by atoms with Gasteiger partial charge in [0.25, 0.3) is 5.91 Å². The lowest BCUT2D eigenvalue weighted by molar-refractivity contribution is -0.113. The van der Waals surface area contributed by atoms with Gasteiger partial charge < -0.3 is 15.2 Å². The van der Waals surface area contributed by atoms with Crippen molar-refractivity contribution in [3.8, 4) is 0 Å². The number of carbonyl (C=O) groups is 2. The first kappa shape index (κ1) is 20.2. The Morgan fingerprint density at radius 3 is 2.79 bits per heavy atom. The van der Waals surface area contributed by atoms with Crippen molar-refractivity contribution >= 4 is 51.9 Å². The van der Waals surface area contributed by atoms with Gasteiger partial charge in [0.15, 0.2) is 5.16 Å². The second-order valence-electron chi connectivity index (χ2n) is 6.18. The van der Waals surface area contributed by atoms with Crippen LogP contribution >= 0.6 is 23.4 Å². The van der Waals surface area contributed by atoms with E-state index in [9.17, 15) is 9.59 Å². The van der Waals surface area contributed by atoms with Crippen LogP contribution in [0.3, 0.4) is 0 Å². The van der Waals surface area contributed by atoms with E-state index in [1.807, 2.05) is 18.2 Å². The molecule has 0 aliphatic heterocycles. The Bertz CT molecular complexity index is 1020. The maximum absolute atomic E-state index is 12.4. The molecule has 3 aromatic rings. The summed E-state index contributed by atoms with van der Waals surface area (Å²) in [5, 5.41) is 6.82. The van der Waals surface area contributed by atoms with E-state index in [-0.39, 0.29) is 17.6 Å². The molecule has 146 valence electrons. The fourth-order valence-corrected chi connectivity index (χ4v) is 3.85. The SMILES string of the molecule is CCCn1c(SCC(=O)Nc2cccc(C(=O)NC)c2)nc2cc(Cl)ccc21. The highest BCUT2D eigenvalue weighted by molar-refractivity contribution is 7.99. The second kappa shape index (κ2) is 9.12. The number of anilines is 1. The Hall–Kier alpha value is -2.51. The van der Waals surface area contributed by atoms with Crippen molar-refractivity contribution in [2.45, 2.75) is 25.0 Å². The first-order chi connectivity index (χ1) is 13.5. The molecular formula is C20H21ClN4O2S. The second-order valence-corrected chi connectivity index (χ2v) is 7.55. The summed E-state index contributed by atoms with van der Waals surface area (Å²) >= 11 is 7.45. The number of hydrogen-bond donors (Lipinski definition) is 2. The van der Waals surface area contributed by atoms with Crippen LogP contribution in [0.1, 0.15) is 23.7 Å². The monoisotopic (exact) mass is 416 g/mol. The standard InChI is InChI=1S/C20H21ClN4O2S/c1-3-9-25-17-8-7-14(21)11-16(17)24-20(25)28-12-18(26)23-15-6-4-5-13(10-15)19(27)22-2/h4-8,10-11H,3,9,12H2,1-2H3,(H,22,27)(H,23,26). The summed E-state index contributed by atoms with van der Waals surface area (Å²) in [7, 11) is 1.57. The number of benzene rings is 2. The van der Waals surface area contributed by atoms with Crippen LogP contribution in [0.4, 0.5) is 5.69 Å². The number of thioether (sulfide) groups is 1. The van der Waals surface area contributed by atoms with Crippen LogP contribution in [0.25, 0.3) is 11.0 Å². The number of carbonyl (C=O) groups excluding carboxylic acids is 2. The number of aromatic nitrogens is 2. The molecule has 28 heavy (non-hydrogen) atoms. The molecule has 0 spiro atoms. The molecule has 6 nitrogen and oxygen atoms in total. The Labute approximate surface area is 172 Å². The van der Waals surface area contributed by atoms with Crippen molar-refractivity contribution in [3.05, 3.63) is 53.1 Å². The Kier molecular flexibility index (Phi) is 6.59. The molecule has 2 amide bonds. The lowest BCUT2D eigenvalue weighted by Gasteiger charge is -2.09. The first-order valence-corrected chi connectivity index (χ1v) is 10.3. The maximum atomic E-state index is 12.4. The van der Waals surface area contributed by atoms with E-state index in [0.717, 1.165) is 29.2 Å². The van der Waals surface area contributed by atoms with Gasteiger partial charge in [-0.1, -0.05) is 36.4 Å². The van der Waals surface area contributed by atoms with Crippen LogP contribution in [0, 0.1) is 0 Å². The summed E-state index contributed by atoms with van der Waals surface area (Å²) in [6, 6.07) is 12.5. The lowest BCUT2D eigenvalue weighted by Crippen LogP contribution is -2.19. The van der Waals surface area contributed by atoms with Gasteiger partial charge in [0.2, 0.25) is 5.91 Å². The molecule has 1 heterocycles. The van der Waals surface area contributed by atoms with Crippen LogP contribution in [-0.4, -0.2) is 34.2 Å². The topological polar surface area (TPSA) is 76.0 Å². The molecule has 2 aromatic carbocycles. The zero-order valence-electron chi connectivity index (χ0n) is 15.7. The van der Waals surface area contributed by atoms with Gasteiger partial charge in [0, 0.05) is 29.9 Å². The van der Waals surface area contributed by atoms with Crippen LogP contribution in [0.2, 0.25) is 5.02 Å². The highest BCUT2D eigenvalue weighted by atomic mass is 35.5. The molecule has 0 saturated heterocycles. The molecule has 3 rings (SSSR count). The number of amides is 2. The van der Waals surface area contributed by atoms with Crippen LogP contribution in [0.15, 0.2) is 47.6 Å². The average Bonchev–Trinajstić information content (AvgIpc) is 3.02. The molecule has 0 unspecified atom stereocenters. The number of aryl methyl sites for hydroxylation is 1. The summed E-state index contributed by atoms with van der Waals surface area (Å²) in [5.41, 5.74) is 2.91. The predicted molar refractivity (Wildman–Crippen MR) is 114 cm³/mol. The molecule has 0 aliphatic rings. The minimum atomic E-state index is -0.197. The molecule has 0 atom stereocenters. The number of halogens is 1. The normalized spacial score (nSPS) is 10.8. The van der Waals surface area contributed by atoms with Gasteiger partial charge >= 0.3 is 0 Å². The highest BCUT2D eigenvalue weighted by Crippen LogP contribution is 2.26. The first-order valence-electron chi connectivity index (χ1n) is 8.92. The van der Waals surface area contributed by atoms with Gasteiger partial charge in [-0.25, -0.2) is 4.98 Å². The lowest BCUT2D eigenvalue weighted by atomic mass is 10.2. The van der Waals surface area contributed by atoms with E-state index in [4.69, 9.17) is 11.6 Å². The van der Waals surface area contributed by atoms with Crippen molar-refractivity contribution in [2.24, 2.45) is 0 Å². The maximum Gasteiger partial charge on any atom is 0.251 e. The Morgan fingerprint density at radius 1 is 1.21 bits per heavy atom. The molecule has 0 radical (unpaired) electrons. The Morgan fingerprint density at radius 2 is 2.04 bits per heavy atom. The molecule has 0 aliphatic carbocycles. The van der Waals surface area contributed by atoms with E-state index in [2.05, 4.69) is 27.1 Å². The van der Waals surface area contributed by atoms with Gasteiger partial charge in [0.05, 0.1) is 16.8 Å². The largest absolute Gasteiger partial charge is 0.355 e. The summed E-state index contributed by atoms with van der Waals surface area (Å²) in [4.78, 5) is 28.7. The van der Waals surface area contributed by atoms with Crippen LogP contribution in [-0.2, 0) is 11.3 Å². The van der Waals surface area contributed by atoms with Crippen molar-refractivity contribution < 1.29 is 9.59 Å². The zero-order chi connectivity index (χ0) is 20.1. The van der Waals surface area contributed by atoms with E-state index in [0.29, 0.717) is 16.3 Å². The van der Waals surface area contributed by atoms with Gasteiger partial charge in [-0.2, -0.15) is 0 Å². The number of nitrogens with one attached hydrogen (secondary N) is 2. The molecule has 2 N–H and O–H groups in total. The highest BCUT2D eigenvalue weighted by Gasteiger charge is 2.13. The van der Waals surface area contributed by atoms with Gasteiger partial charge in [-0.3, -0.25) is 9.59 Å². The van der Waals surface area contributed by atoms with Crippen molar-refractivity contribution in [3.63, 3.8) is 0 Å². The average molecular weight is 417 g/mol. The third-order valence-electron chi connectivity index (χ3n) is 4.09. The Balaban J connectivity index is 1.71. The van der Waals surface area contributed by atoms with Crippen molar-refractivity contribution in [1.82, 2.24) is 14.9 Å². The number of fused-ring (bicyclic) bond motifs is 1. The number of rotatable bonds is 7. The van der Waals surface area contributed by atoms with E-state index >= 15 is 0 Å². The van der Waals surface area contributed by atoms with Gasteiger partial charge in [0.1, 0.15) is 0 Å². The molecule has 0 saturated carbocycles. The van der Waals surface area contributed by atoms with E-state index in [1.54, 1.807) is 31.3 Å². The third kappa shape index (κ3) is 4.66.